The Morgan fingerprint density at radius 3 is 1.93 bits per heavy atom. The molecule has 1 N–H and O–H groups in total. The zero-order valence-corrected chi connectivity index (χ0v) is 23.3. The Morgan fingerprint density at radius 1 is 0.750 bits per heavy atom. The van der Waals surface area contributed by atoms with E-state index in [2.05, 4.69) is 0 Å². The number of furan rings is 1. The topological polar surface area (TPSA) is 70.8 Å². The third-order valence-corrected chi connectivity index (χ3v) is 9.68. The van der Waals surface area contributed by atoms with Crippen molar-refractivity contribution in [3.05, 3.63) is 143 Å². The van der Waals surface area contributed by atoms with Gasteiger partial charge in [0.15, 0.2) is 0 Å². The molecule has 1 aliphatic carbocycles. The third-order valence-electron chi connectivity index (χ3n) is 7.86. The molecular formula is C34H31NO4S. The van der Waals surface area contributed by atoms with Crippen molar-refractivity contribution in [1.82, 2.24) is 0 Å². The number of para-hydroxylation sites is 1. The first-order chi connectivity index (χ1) is 19.4. The highest BCUT2D eigenvalue weighted by Crippen LogP contribution is 2.57. The fraction of sp³-hybridized carbons (Fsp3) is 0.176. The summed E-state index contributed by atoms with van der Waals surface area (Å²) >= 11 is 0. The summed E-state index contributed by atoms with van der Waals surface area (Å²) in [5, 5.41) is 11.0. The Morgan fingerprint density at radius 2 is 1.32 bits per heavy atom. The van der Waals surface area contributed by atoms with Crippen LogP contribution in [0.4, 0.5) is 5.69 Å². The molecule has 0 amide bonds. The van der Waals surface area contributed by atoms with Crippen LogP contribution in [0.15, 0.2) is 125 Å². The Hall–Kier alpha value is -4.13. The number of rotatable bonds is 7. The second-order valence-corrected chi connectivity index (χ2v) is 12.1. The SMILES string of the molecule is Cc1ccc(S(=O)(=O)N(c2ccccc2)[C@@H]2c3c(-c4ccccc4)oc(C)c3[C@@H](c3ccccc3)[C@@H]2CO)cc1. The molecule has 0 saturated heterocycles. The van der Waals surface area contributed by atoms with E-state index in [1.807, 2.05) is 117 Å². The fourth-order valence-corrected chi connectivity index (χ4v) is 7.75. The van der Waals surface area contributed by atoms with Gasteiger partial charge in [-0.05, 0) is 43.7 Å². The lowest BCUT2D eigenvalue weighted by Crippen LogP contribution is -2.39. The molecule has 0 saturated carbocycles. The molecule has 1 aromatic heterocycles. The van der Waals surface area contributed by atoms with Gasteiger partial charge in [0.25, 0.3) is 10.0 Å². The molecule has 202 valence electrons. The summed E-state index contributed by atoms with van der Waals surface area (Å²) in [7, 11) is -4.05. The van der Waals surface area contributed by atoms with Crippen LogP contribution < -0.4 is 4.31 Å². The maximum absolute atomic E-state index is 14.6. The van der Waals surface area contributed by atoms with Crippen LogP contribution in [0, 0.1) is 19.8 Å². The second kappa shape index (κ2) is 10.5. The van der Waals surface area contributed by atoms with E-state index in [1.54, 1.807) is 12.1 Å². The summed E-state index contributed by atoms with van der Waals surface area (Å²) in [6.45, 7) is 3.65. The standard InChI is InChI=1S/C34H31NO4S/c1-23-18-20-28(21-19-23)40(37,38)35(27-16-10-5-11-17-27)33-29(22-36)31(25-12-6-3-7-13-25)30-24(2)39-34(32(30)33)26-14-8-4-9-15-26/h3-21,29,31,33,36H,22H2,1-2H3/t29-,31-,33-/m0/s1. The van der Waals surface area contributed by atoms with Crippen molar-refractivity contribution in [2.24, 2.45) is 5.92 Å². The smallest absolute Gasteiger partial charge is 0.264 e. The van der Waals surface area contributed by atoms with Crippen LogP contribution in [0.3, 0.4) is 0 Å². The number of hydrogen-bond acceptors (Lipinski definition) is 4. The van der Waals surface area contributed by atoms with Crippen LogP contribution in [-0.2, 0) is 10.0 Å². The highest BCUT2D eigenvalue weighted by Gasteiger charge is 2.51. The molecule has 3 atom stereocenters. The molecule has 6 heteroatoms. The molecule has 0 fully saturated rings. The van der Waals surface area contributed by atoms with Gasteiger partial charge >= 0.3 is 0 Å². The number of hydrogen-bond donors (Lipinski definition) is 1. The number of aryl methyl sites for hydroxylation is 2. The molecule has 40 heavy (non-hydrogen) atoms. The van der Waals surface area contributed by atoms with Crippen molar-refractivity contribution < 1.29 is 17.9 Å². The van der Waals surface area contributed by atoms with Gasteiger partial charge in [-0.1, -0.05) is 96.6 Å². The maximum Gasteiger partial charge on any atom is 0.264 e. The Kier molecular flexibility index (Phi) is 6.82. The molecular weight excluding hydrogens is 518 g/mol. The van der Waals surface area contributed by atoms with Crippen molar-refractivity contribution in [1.29, 1.82) is 0 Å². The van der Waals surface area contributed by atoms with Crippen LogP contribution in [0.5, 0.6) is 0 Å². The van der Waals surface area contributed by atoms with Gasteiger partial charge in [0, 0.05) is 35.1 Å². The summed E-state index contributed by atoms with van der Waals surface area (Å²) in [5.41, 5.74) is 5.12. The molecule has 0 aliphatic heterocycles. The monoisotopic (exact) mass is 549 g/mol. The predicted octanol–water partition coefficient (Wildman–Crippen LogP) is 7.25. The van der Waals surface area contributed by atoms with E-state index < -0.39 is 22.0 Å². The minimum atomic E-state index is -4.05. The van der Waals surface area contributed by atoms with Gasteiger partial charge in [-0.3, -0.25) is 4.31 Å². The molecule has 5 nitrogen and oxygen atoms in total. The number of aliphatic hydroxyl groups is 1. The lowest BCUT2D eigenvalue weighted by molar-refractivity contribution is 0.201. The van der Waals surface area contributed by atoms with Gasteiger partial charge in [0.05, 0.1) is 16.6 Å². The van der Waals surface area contributed by atoms with E-state index in [9.17, 15) is 13.5 Å². The molecule has 0 radical (unpaired) electrons. The predicted molar refractivity (Wildman–Crippen MR) is 158 cm³/mol. The zero-order valence-electron chi connectivity index (χ0n) is 22.4. The normalized spacial score (nSPS) is 18.4. The van der Waals surface area contributed by atoms with Crippen molar-refractivity contribution in [3.8, 4) is 11.3 Å². The van der Waals surface area contributed by atoms with Gasteiger partial charge in [-0.2, -0.15) is 0 Å². The van der Waals surface area contributed by atoms with Gasteiger partial charge in [-0.15, -0.1) is 0 Å². The van der Waals surface area contributed by atoms with E-state index >= 15 is 0 Å². The number of aliphatic hydroxyl groups excluding tert-OH is 1. The molecule has 5 aromatic rings. The molecule has 6 rings (SSSR count). The van der Waals surface area contributed by atoms with Crippen molar-refractivity contribution in [3.63, 3.8) is 0 Å². The first kappa shape index (κ1) is 26.1. The lowest BCUT2D eigenvalue weighted by Gasteiger charge is -2.35. The highest BCUT2D eigenvalue weighted by molar-refractivity contribution is 7.92. The van der Waals surface area contributed by atoms with Crippen LogP contribution in [0.2, 0.25) is 0 Å². The lowest BCUT2D eigenvalue weighted by atomic mass is 9.84. The second-order valence-electron chi connectivity index (χ2n) is 10.3. The van der Waals surface area contributed by atoms with E-state index in [4.69, 9.17) is 4.42 Å². The molecule has 0 spiro atoms. The van der Waals surface area contributed by atoms with Crippen LogP contribution in [0.25, 0.3) is 11.3 Å². The van der Waals surface area contributed by atoms with E-state index in [0.717, 1.165) is 33.6 Å². The average Bonchev–Trinajstić information content (AvgIpc) is 3.49. The fourth-order valence-electron chi connectivity index (χ4n) is 6.09. The minimum Gasteiger partial charge on any atom is -0.461 e. The first-order valence-corrected chi connectivity index (χ1v) is 14.9. The molecule has 1 aliphatic rings. The van der Waals surface area contributed by atoms with Gasteiger partial charge in [0.2, 0.25) is 0 Å². The van der Waals surface area contributed by atoms with Gasteiger partial charge in [0.1, 0.15) is 11.5 Å². The number of anilines is 1. The third kappa shape index (κ3) is 4.34. The average molecular weight is 550 g/mol. The van der Waals surface area contributed by atoms with E-state index in [1.165, 1.54) is 4.31 Å². The molecule has 0 unspecified atom stereocenters. The number of fused-ring (bicyclic) bond motifs is 1. The highest BCUT2D eigenvalue weighted by atomic mass is 32.2. The van der Waals surface area contributed by atoms with Crippen molar-refractivity contribution in [2.75, 3.05) is 10.9 Å². The van der Waals surface area contributed by atoms with Crippen LogP contribution in [0.1, 0.15) is 40.0 Å². The van der Waals surface area contributed by atoms with Gasteiger partial charge < -0.3 is 9.52 Å². The quantitative estimate of drug-likeness (QED) is 0.232. The number of nitrogens with zero attached hydrogens (tertiary/aromatic N) is 1. The number of benzene rings is 4. The van der Waals surface area contributed by atoms with E-state index in [0.29, 0.717) is 11.4 Å². The maximum atomic E-state index is 14.6. The minimum absolute atomic E-state index is 0.199. The van der Waals surface area contributed by atoms with Crippen molar-refractivity contribution >= 4 is 15.7 Å². The summed E-state index contributed by atoms with van der Waals surface area (Å²) in [6.07, 6.45) is 0. The Bertz CT molecular complexity index is 1710. The van der Waals surface area contributed by atoms with Crippen molar-refractivity contribution in [2.45, 2.75) is 30.7 Å². The molecule has 4 aromatic carbocycles. The summed E-state index contributed by atoms with van der Waals surface area (Å²) in [4.78, 5) is 0.199. The first-order valence-electron chi connectivity index (χ1n) is 13.4. The zero-order chi connectivity index (χ0) is 27.9. The molecule has 0 bridgehead atoms. The number of sulfonamides is 1. The largest absolute Gasteiger partial charge is 0.461 e. The summed E-state index contributed by atoms with van der Waals surface area (Å²) in [6, 6.07) is 35.1. The van der Waals surface area contributed by atoms with E-state index in [-0.39, 0.29) is 17.4 Å². The van der Waals surface area contributed by atoms with Crippen LogP contribution >= 0.6 is 0 Å². The molecule has 1 heterocycles. The summed E-state index contributed by atoms with van der Waals surface area (Å²) < 4.78 is 37.2. The Balaban J connectivity index is 1.66. The van der Waals surface area contributed by atoms with Crippen LogP contribution in [-0.4, -0.2) is 20.1 Å². The summed E-state index contributed by atoms with van der Waals surface area (Å²) in [5.74, 6) is 0.650. The Labute approximate surface area is 235 Å². The van der Waals surface area contributed by atoms with Gasteiger partial charge in [-0.25, -0.2) is 8.42 Å².